The van der Waals surface area contributed by atoms with Crippen molar-refractivity contribution in [3.05, 3.63) is 12.4 Å². The van der Waals surface area contributed by atoms with Crippen molar-refractivity contribution in [1.29, 1.82) is 0 Å². The maximum atomic E-state index is 11.1. The van der Waals surface area contributed by atoms with E-state index in [2.05, 4.69) is 15.3 Å². The van der Waals surface area contributed by atoms with Gasteiger partial charge in [-0.25, -0.2) is 0 Å². The van der Waals surface area contributed by atoms with E-state index in [1.54, 1.807) is 6.20 Å². The van der Waals surface area contributed by atoms with Gasteiger partial charge in [0, 0.05) is 26.2 Å². The van der Waals surface area contributed by atoms with E-state index in [-0.39, 0.29) is 5.91 Å². The molecule has 6 nitrogen and oxygen atoms in total. The van der Waals surface area contributed by atoms with Gasteiger partial charge < -0.3 is 15.3 Å². The fourth-order valence-electron chi connectivity index (χ4n) is 4.11. The molecule has 2 aliphatic rings. The first-order chi connectivity index (χ1) is 11.5. The monoisotopic (exact) mass is 334 g/mol. The van der Waals surface area contributed by atoms with Crippen LogP contribution in [-0.4, -0.2) is 50.9 Å². The molecule has 0 aromatic carbocycles. The minimum absolute atomic E-state index is 0.0662. The van der Waals surface area contributed by atoms with E-state index in [9.17, 15) is 9.90 Å². The van der Waals surface area contributed by atoms with E-state index in [1.165, 1.54) is 26.2 Å². The Bertz CT molecular complexity index is 543. The Kier molecular flexibility index (Phi) is 5.56. The van der Waals surface area contributed by atoms with Crippen molar-refractivity contribution in [2.24, 2.45) is 5.92 Å². The van der Waals surface area contributed by atoms with Crippen molar-refractivity contribution in [1.82, 2.24) is 14.7 Å². The van der Waals surface area contributed by atoms with Gasteiger partial charge in [-0.15, -0.1) is 0 Å². The number of β-amino-alcohol motifs (C(OH)–C–C–N with tert-alkyl or cyclic N) is 1. The summed E-state index contributed by atoms with van der Waals surface area (Å²) in [6.45, 7) is 5.37. The molecule has 2 fully saturated rings. The average molecular weight is 334 g/mol. The van der Waals surface area contributed by atoms with Crippen molar-refractivity contribution in [3.63, 3.8) is 0 Å². The van der Waals surface area contributed by atoms with Gasteiger partial charge in [0.2, 0.25) is 5.91 Å². The maximum Gasteiger partial charge on any atom is 0.221 e. The molecular weight excluding hydrogens is 304 g/mol. The quantitative estimate of drug-likeness (QED) is 0.866. The third kappa shape index (κ3) is 4.80. The predicted molar refractivity (Wildman–Crippen MR) is 93.7 cm³/mol. The summed E-state index contributed by atoms with van der Waals surface area (Å²) in [6, 6.07) is 0. The van der Waals surface area contributed by atoms with E-state index in [0.29, 0.717) is 5.92 Å². The first-order valence-corrected chi connectivity index (χ1v) is 9.27. The molecule has 134 valence electrons. The Labute approximate surface area is 144 Å². The molecule has 1 saturated heterocycles. The number of nitrogens with one attached hydrogen (secondary N) is 1. The van der Waals surface area contributed by atoms with Crippen LogP contribution in [0.5, 0.6) is 0 Å². The number of rotatable bonds is 5. The van der Waals surface area contributed by atoms with Gasteiger partial charge in [-0.2, -0.15) is 5.10 Å². The lowest BCUT2D eigenvalue weighted by molar-refractivity contribution is -0.114. The zero-order valence-electron chi connectivity index (χ0n) is 14.7. The summed E-state index contributed by atoms with van der Waals surface area (Å²) in [5.41, 5.74) is 0.319. The molecule has 2 N–H and O–H groups in total. The van der Waals surface area contributed by atoms with Crippen molar-refractivity contribution < 1.29 is 9.90 Å². The Balaban J connectivity index is 1.43. The zero-order chi connectivity index (χ0) is 17.0. The summed E-state index contributed by atoms with van der Waals surface area (Å²) in [5.74, 6) is 0.552. The van der Waals surface area contributed by atoms with E-state index < -0.39 is 5.60 Å². The molecule has 0 bridgehead atoms. The van der Waals surface area contributed by atoms with Crippen LogP contribution in [0.3, 0.4) is 0 Å². The van der Waals surface area contributed by atoms with Crippen LogP contribution >= 0.6 is 0 Å². The smallest absolute Gasteiger partial charge is 0.221 e. The Hall–Kier alpha value is -1.40. The number of aliphatic hydroxyl groups is 1. The largest absolute Gasteiger partial charge is 0.389 e. The van der Waals surface area contributed by atoms with Crippen molar-refractivity contribution in [3.8, 4) is 0 Å². The molecular formula is C18H30N4O2. The van der Waals surface area contributed by atoms with Crippen LogP contribution in [0.15, 0.2) is 12.4 Å². The first-order valence-electron chi connectivity index (χ1n) is 9.27. The Morgan fingerprint density at radius 3 is 2.71 bits per heavy atom. The van der Waals surface area contributed by atoms with E-state index >= 15 is 0 Å². The average Bonchev–Trinajstić information content (AvgIpc) is 2.96. The van der Waals surface area contributed by atoms with Crippen LogP contribution in [0.2, 0.25) is 0 Å². The van der Waals surface area contributed by atoms with Crippen LogP contribution in [0, 0.1) is 5.92 Å². The SMILES string of the molecule is CC(=O)Nc1cnn(CC2CCN(CC3(O)CCCCC3)CC2)c1. The number of hydrogen-bond donors (Lipinski definition) is 2. The molecule has 0 spiro atoms. The van der Waals surface area contributed by atoms with E-state index in [0.717, 1.165) is 57.5 Å². The maximum absolute atomic E-state index is 11.1. The van der Waals surface area contributed by atoms with Crippen LogP contribution in [0.1, 0.15) is 51.9 Å². The first kappa shape index (κ1) is 17.4. The number of anilines is 1. The summed E-state index contributed by atoms with van der Waals surface area (Å²) in [7, 11) is 0. The highest BCUT2D eigenvalue weighted by Crippen LogP contribution is 2.30. The number of piperidine rings is 1. The third-order valence-electron chi connectivity index (χ3n) is 5.41. The molecule has 2 heterocycles. The predicted octanol–water partition coefficient (Wildman–Crippen LogP) is 2.25. The summed E-state index contributed by atoms with van der Waals surface area (Å²) < 4.78 is 1.93. The summed E-state index contributed by atoms with van der Waals surface area (Å²) in [6.07, 6.45) is 11.4. The molecule has 24 heavy (non-hydrogen) atoms. The van der Waals surface area contributed by atoms with Crippen molar-refractivity contribution >= 4 is 11.6 Å². The molecule has 1 aliphatic heterocycles. The van der Waals surface area contributed by atoms with Gasteiger partial charge >= 0.3 is 0 Å². The van der Waals surface area contributed by atoms with Gasteiger partial charge in [-0.05, 0) is 44.7 Å². The number of hydrogen-bond acceptors (Lipinski definition) is 4. The molecule has 1 amide bonds. The molecule has 0 atom stereocenters. The molecule has 1 aliphatic carbocycles. The second-order valence-electron chi connectivity index (χ2n) is 7.64. The molecule has 0 unspecified atom stereocenters. The van der Waals surface area contributed by atoms with Gasteiger partial charge in [-0.3, -0.25) is 9.48 Å². The fourth-order valence-corrected chi connectivity index (χ4v) is 4.11. The van der Waals surface area contributed by atoms with Gasteiger partial charge in [-0.1, -0.05) is 19.3 Å². The molecule has 0 radical (unpaired) electrons. The normalized spacial score (nSPS) is 22.4. The highest BCUT2D eigenvalue weighted by Gasteiger charge is 2.32. The molecule has 1 saturated carbocycles. The minimum atomic E-state index is -0.444. The topological polar surface area (TPSA) is 70.4 Å². The van der Waals surface area contributed by atoms with Crippen LogP contribution in [0.25, 0.3) is 0 Å². The van der Waals surface area contributed by atoms with Gasteiger partial charge in [0.1, 0.15) is 0 Å². The third-order valence-corrected chi connectivity index (χ3v) is 5.41. The molecule has 1 aromatic heterocycles. The Morgan fingerprint density at radius 2 is 2.04 bits per heavy atom. The van der Waals surface area contributed by atoms with Gasteiger partial charge in [0.25, 0.3) is 0 Å². The number of carbonyl (C=O) groups is 1. The van der Waals surface area contributed by atoms with Gasteiger partial charge in [0.15, 0.2) is 0 Å². The lowest BCUT2D eigenvalue weighted by Gasteiger charge is -2.40. The Morgan fingerprint density at radius 1 is 1.33 bits per heavy atom. The van der Waals surface area contributed by atoms with Crippen molar-refractivity contribution in [2.45, 2.75) is 64.0 Å². The summed E-state index contributed by atoms with van der Waals surface area (Å²) >= 11 is 0. The lowest BCUT2D eigenvalue weighted by Crippen LogP contribution is -2.47. The minimum Gasteiger partial charge on any atom is -0.389 e. The van der Waals surface area contributed by atoms with Crippen LogP contribution < -0.4 is 5.32 Å². The van der Waals surface area contributed by atoms with Crippen molar-refractivity contribution in [2.75, 3.05) is 25.0 Å². The molecule has 1 aromatic rings. The van der Waals surface area contributed by atoms with E-state index in [1.807, 2.05) is 10.9 Å². The number of likely N-dealkylation sites (tertiary alicyclic amines) is 1. The second-order valence-corrected chi connectivity index (χ2v) is 7.64. The number of carbonyl (C=O) groups excluding carboxylic acids is 1. The summed E-state index contributed by atoms with van der Waals surface area (Å²) in [4.78, 5) is 13.5. The van der Waals surface area contributed by atoms with Crippen LogP contribution in [-0.2, 0) is 11.3 Å². The molecule has 3 rings (SSSR count). The lowest BCUT2D eigenvalue weighted by atomic mass is 9.84. The summed E-state index contributed by atoms with van der Waals surface area (Å²) in [5, 5.41) is 17.8. The molecule has 6 heteroatoms. The zero-order valence-corrected chi connectivity index (χ0v) is 14.7. The number of aromatic nitrogens is 2. The number of amides is 1. The van der Waals surface area contributed by atoms with Crippen LogP contribution in [0.4, 0.5) is 5.69 Å². The standard InChI is InChI=1S/C18H30N4O2/c1-15(23)20-17-11-19-22(13-17)12-16-5-9-21(10-6-16)14-18(24)7-3-2-4-8-18/h11,13,16,24H,2-10,12,14H2,1H3,(H,20,23). The second kappa shape index (κ2) is 7.66. The van der Waals surface area contributed by atoms with E-state index in [4.69, 9.17) is 0 Å². The number of nitrogens with zero attached hydrogens (tertiary/aromatic N) is 3. The van der Waals surface area contributed by atoms with Gasteiger partial charge in [0.05, 0.1) is 17.5 Å². The highest BCUT2D eigenvalue weighted by molar-refractivity contribution is 5.88. The fraction of sp³-hybridized carbons (Fsp3) is 0.778. The highest BCUT2D eigenvalue weighted by atomic mass is 16.3.